The predicted octanol–water partition coefficient (Wildman–Crippen LogP) is 2.49. The highest BCUT2D eigenvalue weighted by molar-refractivity contribution is 5.69. The van der Waals surface area contributed by atoms with Crippen LogP contribution in [-0.2, 0) is 24.3 Å². The third-order valence-electron chi connectivity index (χ3n) is 3.76. The third kappa shape index (κ3) is 3.69. The second-order valence-electron chi connectivity index (χ2n) is 6.54. The van der Waals surface area contributed by atoms with E-state index in [9.17, 15) is 9.90 Å². The summed E-state index contributed by atoms with van der Waals surface area (Å²) in [5.41, 5.74) is 2.04. The molecular formula is C17H25NO5. The first-order valence-electron chi connectivity index (χ1n) is 7.65. The van der Waals surface area contributed by atoms with Crippen molar-refractivity contribution in [2.75, 3.05) is 20.8 Å². The summed E-state index contributed by atoms with van der Waals surface area (Å²) < 4.78 is 16.3. The molecule has 2 rings (SSSR count). The number of hydrogen-bond acceptors (Lipinski definition) is 5. The Morgan fingerprint density at radius 2 is 1.96 bits per heavy atom. The normalized spacial score (nSPS) is 14.3. The molecule has 1 aliphatic rings. The Balaban J connectivity index is 2.35. The Kier molecular flexibility index (Phi) is 5.04. The fourth-order valence-electron chi connectivity index (χ4n) is 2.78. The summed E-state index contributed by atoms with van der Waals surface area (Å²) in [5, 5.41) is 9.52. The van der Waals surface area contributed by atoms with Gasteiger partial charge in [-0.05, 0) is 33.3 Å². The van der Waals surface area contributed by atoms with E-state index in [1.807, 2.05) is 20.8 Å². The van der Waals surface area contributed by atoms with Crippen molar-refractivity contribution in [3.05, 3.63) is 22.8 Å². The number of carbonyl (C=O) groups is 1. The molecule has 128 valence electrons. The molecule has 1 aliphatic heterocycles. The highest BCUT2D eigenvalue weighted by Crippen LogP contribution is 2.38. The molecule has 0 saturated heterocycles. The number of amides is 1. The molecule has 0 saturated carbocycles. The molecular weight excluding hydrogens is 298 g/mol. The van der Waals surface area contributed by atoms with Gasteiger partial charge >= 0.3 is 6.09 Å². The van der Waals surface area contributed by atoms with Gasteiger partial charge in [-0.2, -0.15) is 0 Å². The Bertz CT molecular complexity index is 592. The summed E-state index contributed by atoms with van der Waals surface area (Å²) in [4.78, 5) is 14.0. The first-order valence-corrected chi connectivity index (χ1v) is 7.65. The van der Waals surface area contributed by atoms with E-state index in [-0.39, 0.29) is 12.7 Å². The van der Waals surface area contributed by atoms with E-state index in [1.54, 1.807) is 25.2 Å². The van der Waals surface area contributed by atoms with Gasteiger partial charge in [0, 0.05) is 23.2 Å². The molecule has 23 heavy (non-hydrogen) atoms. The molecule has 0 radical (unpaired) electrons. The second-order valence-corrected chi connectivity index (χ2v) is 6.54. The monoisotopic (exact) mass is 323 g/mol. The summed E-state index contributed by atoms with van der Waals surface area (Å²) in [6, 6.07) is 1.76. The van der Waals surface area contributed by atoms with Gasteiger partial charge in [0.2, 0.25) is 0 Å². The molecule has 0 bridgehead atoms. The van der Waals surface area contributed by atoms with Crippen LogP contribution < -0.4 is 9.47 Å². The summed E-state index contributed by atoms with van der Waals surface area (Å²) in [5.74, 6) is 1.32. The SMILES string of the molecule is COc1cc(CO)c(OC)c2c1CN(C(=O)OC(C)(C)C)CC2. The molecule has 1 aromatic carbocycles. The quantitative estimate of drug-likeness (QED) is 0.925. The van der Waals surface area contributed by atoms with Gasteiger partial charge in [-0.25, -0.2) is 4.79 Å². The Morgan fingerprint density at radius 3 is 2.48 bits per heavy atom. The van der Waals surface area contributed by atoms with Crippen molar-refractivity contribution in [3.63, 3.8) is 0 Å². The average Bonchev–Trinajstić information content (AvgIpc) is 2.50. The minimum absolute atomic E-state index is 0.122. The number of methoxy groups -OCH3 is 2. The van der Waals surface area contributed by atoms with Crippen LogP contribution >= 0.6 is 0 Å². The van der Waals surface area contributed by atoms with Crippen LogP contribution in [0.3, 0.4) is 0 Å². The van der Waals surface area contributed by atoms with Crippen LogP contribution in [0.5, 0.6) is 11.5 Å². The van der Waals surface area contributed by atoms with Crippen LogP contribution in [0, 0.1) is 0 Å². The standard InChI is InChI=1S/C17H25NO5/c1-17(2,3)23-16(20)18-7-6-12-13(9-18)14(21-4)8-11(10-19)15(12)22-5/h8,19H,6-7,9-10H2,1-5H3. The zero-order chi connectivity index (χ0) is 17.2. The van der Waals surface area contributed by atoms with E-state index in [1.165, 1.54) is 0 Å². The first kappa shape index (κ1) is 17.4. The number of ether oxygens (including phenoxy) is 3. The van der Waals surface area contributed by atoms with Crippen molar-refractivity contribution in [3.8, 4) is 11.5 Å². The number of benzene rings is 1. The minimum atomic E-state index is -0.528. The molecule has 1 N–H and O–H groups in total. The van der Waals surface area contributed by atoms with E-state index >= 15 is 0 Å². The number of carbonyl (C=O) groups excluding carboxylic acids is 1. The maximum Gasteiger partial charge on any atom is 0.410 e. The maximum atomic E-state index is 12.3. The van der Waals surface area contributed by atoms with Gasteiger partial charge in [0.1, 0.15) is 17.1 Å². The summed E-state index contributed by atoms with van der Waals surface area (Å²) in [6.45, 7) is 6.36. The molecule has 6 nitrogen and oxygen atoms in total. The van der Waals surface area contributed by atoms with Gasteiger partial charge in [0.15, 0.2) is 0 Å². The Labute approximate surface area is 136 Å². The number of fused-ring (bicyclic) bond motifs is 1. The molecule has 1 heterocycles. The van der Waals surface area contributed by atoms with Crippen LogP contribution in [0.4, 0.5) is 4.79 Å². The molecule has 0 unspecified atom stereocenters. The fraction of sp³-hybridized carbons (Fsp3) is 0.588. The Morgan fingerprint density at radius 1 is 1.26 bits per heavy atom. The molecule has 0 spiro atoms. The molecule has 0 atom stereocenters. The first-order chi connectivity index (χ1) is 10.8. The van der Waals surface area contributed by atoms with E-state index in [0.29, 0.717) is 36.6 Å². The summed E-state index contributed by atoms with van der Waals surface area (Å²) in [6.07, 6.45) is 0.289. The number of rotatable bonds is 3. The molecule has 1 amide bonds. The van der Waals surface area contributed by atoms with Crippen molar-refractivity contribution in [1.29, 1.82) is 0 Å². The van der Waals surface area contributed by atoms with Crippen molar-refractivity contribution in [1.82, 2.24) is 4.90 Å². The summed E-state index contributed by atoms with van der Waals surface area (Å²) in [7, 11) is 3.16. The van der Waals surface area contributed by atoms with Crippen molar-refractivity contribution >= 4 is 6.09 Å². The lowest BCUT2D eigenvalue weighted by molar-refractivity contribution is 0.0221. The van der Waals surface area contributed by atoms with Gasteiger partial charge < -0.3 is 24.2 Å². The van der Waals surface area contributed by atoms with E-state index in [2.05, 4.69) is 0 Å². The van der Waals surface area contributed by atoms with Gasteiger partial charge in [-0.1, -0.05) is 0 Å². The Hall–Kier alpha value is -1.95. The van der Waals surface area contributed by atoms with Crippen molar-refractivity contribution in [2.24, 2.45) is 0 Å². The number of aliphatic hydroxyl groups is 1. The van der Waals surface area contributed by atoms with Gasteiger partial charge in [0.25, 0.3) is 0 Å². The minimum Gasteiger partial charge on any atom is -0.496 e. The third-order valence-corrected chi connectivity index (χ3v) is 3.76. The van der Waals surface area contributed by atoms with Gasteiger partial charge in [-0.3, -0.25) is 0 Å². The number of hydrogen-bond donors (Lipinski definition) is 1. The lowest BCUT2D eigenvalue weighted by atomic mass is 9.95. The molecule has 0 fully saturated rings. The molecule has 0 aliphatic carbocycles. The number of nitrogens with zero attached hydrogens (tertiary/aromatic N) is 1. The van der Waals surface area contributed by atoms with E-state index < -0.39 is 5.60 Å². The van der Waals surface area contributed by atoms with Gasteiger partial charge in [0.05, 0.1) is 27.4 Å². The van der Waals surface area contributed by atoms with Crippen molar-refractivity contribution < 1.29 is 24.1 Å². The van der Waals surface area contributed by atoms with Gasteiger partial charge in [-0.15, -0.1) is 0 Å². The van der Waals surface area contributed by atoms with Crippen LogP contribution in [0.1, 0.15) is 37.5 Å². The molecule has 0 aromatic heterocycles. The number of aliphatic hydroxyl groups excluding tert-OH is 1. The highest BCUT2D eigenvalue weighted by atomic mass is 16.6. The lowest BCUT2D eigenvalue weighted by Gasteiger charge is -2.33. The maximum absolute atomic E-state index is 12.3. The van der Waals surface area contributed by atoms with Crippen LogP contribution in [-0.4, -0.2) is 42.5 Å². The van der Waals surface area contributed by atoms with Crippen LogP contribution in [0.2, 0.25) is 0 Å². The van der Waals surface area contributed by atoms with E-state index in [4.69, 9.17) is 14.2 Å². The highest BCUT2D eigenvalue weighted by Gasteiger charge is 2.30. The smallest absolute Gasteiger partial charge is 0.410 e. The summed E-state index contributed by atoms with van der Waals surface area (Å²) >= 11 is 0. The molecule has 1 aromatic rings. The topological polar surface area (TPSA) is 68.2 Å². The van der Waals surface area contributed by atoms with E-state index in [0.717, 1.165) is 11.1 Å². The molecule has 6 heteroatoms. The largest absolute Gasteiger partial charge is 0.496 e. The van der Waals surface area contributed by atoms with Crippen molar-refractivity contribution in [2.45, 2.75) is 45.9 Å². The van der Waals surface area contributed by atoms with Crippen LogP contribution in [0.15, 0.2) is 6.07 Å². The van der Waals surface area contributed by atoms with Crippen LogP contribution in [0.25, 0.3) is 0 Å². The fourth-order valence-corrected chi connectivity index (χ4v) is 2.78. The predicted molar refractivity (Wildman–Crippen MR) is 85.8 cm³/mol. The lowest BCUT2D eigenvalue weighted by Crippen LogP contribution is -2.40. The zero-order valence-electron chi connectivity index (χ0n) is 14.4. The zero-order valence-corrected chi connectivity index (χ0v) is 14.4. The second kappa shape index (κ2) is 6.66. The average molecular weight is 323 g/mol.